The number of ether oxygens (including phenoxy) is 1. The smallest absolute Gasteiger partial charge is 0.262 e. The molecule has 0 bridgehead atoms. The fourth-order valence-electron chi connectivity index (χ4n) is 1.75. The van der Waals surface area contributed by atoms with Gasteiger partial charge in [-0.15, -0.1) is 0 Å². The van der Waals surface area contributed by atoms with E-state index in [1.54, 1.807) is 6.07 Å². The predicted molar refractivity (Wildman–Crippen MR) is 79.6 cm³/mol. The van der Waals surface area contributed by atoms with Crippen molar-refractivity contribution in [2.45, 2.75) is 13.5 Å². The summed E-state index contributed by atoms with van der Waals surface area (Å²) in [5.74, 6) is 0.457. The predicted octanol–water partition coefficient (Wildman–Crippen LogP) is 2.47. The standard InChI is InChI=1S/C16H18N2O2/c1-12-5-7-14(8-6-12)18-16(19)11-20-15-4-2-3-13(9-15)10-17/h2-9H,10-11,17H2,1H3,(H,18,19). The molecule has 2 aromatic rings. The second kappa shape index (κ2) is 6.73. The molecule has 0 radical (unpaired) electrons. The Morgan fingerprint density at radius 1 is 1.20 bits per heavy atom. The van der Waals surface area contributed by atoms with Gasteiger partial charge in [0.1, 0.15) is 5.75 Å². The Balaban J connectivity index is 1.87. The lowest BCUT2D eigenvalue weighted by molar-refractivity contribution is -0.118. The topological polar surface area (TPSA) is 64.3 Å². The van der Waals surface area contributed by atoms with E-state index in [9.17, 15) is 4.79 Å². The molecule has 2 rings (SSSR count). The summed E-state index contributed by atoms with van der Waals surface area (Å²) in [6.45, 7) is 2.42. The average molecular weight is 270 g/mol. The van der Waals surface area contributed by atoms with E-state index in [0.717, 1.165) is 16.8 Å². The largest absolute Gasteiger partial charge is 0.484 e. The van der Waals surface area contributed by atoms with Gasteiger partial charge in [0.2, 0.25) is 0 Å². The first-order valence-corrected chi connectivity index (χ1v) is 6.46. The van der Waals surface area contributed by atoms with E-state index in [-0.39, 0.29) is 12.5 Å². The van der Waals surface area contributed by atoms with Gasteiger partial charge in [-0.1, -0.05) is 29.8 Å². The van der Waals surface area contributed by atoms with Crippen LogP contribution in [0.25, 0.3) is 0 Å². The molecule has 0 aliphatic rings. The molecule has 0 saturated carbocycles. The second-order valence-corrected chi connectivity index (χ2v) is 4.55. The van der Waals surface area contributed by atoms with Crippen molar-refractivity contribution in [3.05, 3.63) is 59.7 Å². The van der Waals surface area contributed by atoms with Crippen molar-refractivity contribution in [3.63, 3.8) is 0 Å². The molecule has 3 N–H and O–H groups in total. The fourth-order valence-corrected chi connectivity index (χ4v) is 1.75. The molecule has 104 valence electrons. The van der Waals surface area contributed by atoms with Crippen molar-refractivity contribution in [3.8, 4) is 5.75 Å². The van der Waals surface area contributed by atoms with Crippen molar-refractivity contribution < 1.29 is 9.53 Å². The van der Waals surface area contributed by atoms with Gasteiger partial charge in [-0.2, -0.15) is 0 Å². The third kappa shape index (κ3) is 4.10. The number of hydrogen-bond donors (Lipinski definition) is 2. The van der Waals surface area contributed by atoms with Gasteiger partial charge in [-0.05, 0) is 36.8 Å². The van der Waals surface area contributed by atoms with E-state index >= 15 is 0 Å². The number of nitrogens with two attached hydrogens (primary N) is 1. The molecule has 0 spiro atoms. The SMILES string of the molecule is Cc1ccc(NC(=O)COc2cccc(CN)c2)cc1. The molecular formula is C16H18N2O2. The van der Waals surface area contributed by atoms with Crippen molar-refractivity contribution in [1.82, 2.24) is 0 Å². The summed E-state index contributed by atoms with van der Waals surface area (Å²) in [4.78, 5) is 11.8. The Hall–Kier alpha value is -2.33. The first-order valence-electron chi connectivity index (χ1n) is 6.46. The number of anilines is 1. The zero-order chi connectivity index (χ0) is 14.4. The quantitative estimate of drug-likeness (QED) is 0.877. The summed E-state index contributed by atoms with van der Waals surface area (Å²) in [6.07, 6.45) is 0. The van der Waals surface area contributed by atoms with E-state index in [1.807, 2.05) is 49.4 Å². The van der Waals surface area contributed by atoms with Crippen molar-refractivity contribution in [1.29, 1.82) is 0 Å². The lowest BCUT2D eigenvalue weighted by Crippen LogP contribution is -2.20. The molecule has 4 heteroatoms. The molecule has 1 amide bonds. The maximum absolute atomic E-state index is 11.8. The van der Waals surface area contributed by atoms with E-state index in [2.05, 4.69) is 5.32 Å². The van der Waals surface area contributed by atoms with Crippen LogP contribution in [0.1, 0.15) is 11.1 Å². The van der Waals surface area contributed by atoms with Gasteiger partial charge >= 0.3 is 0 Å². The lowest BCUT2D eigenvalue weighted by atomic mass is 10.2. The van der Waals surface area contributed by atoms with Gasteiger partial charge in [0.05, 0.1) is 0 Å². The molecule has 0 aliphatic heterocycles. The minimum absolute atomic E-state index is 0.0259. The van der Waals surface area contributed by atoms with E-state index in [0.29, 0.717) is 12.3 Å². The first kappa shape index (κ1) is 14.1. The number of carbonyl (C=O) groups is 1. The maximum Gasteiger partial charge on any atom is 0.262 e. The Bertz CT molecular complexity index is 579. The minimum atomic E-state index is -0.188. The number of nitrogens with one attached hydrogen (secondary N) is 1. The van der Waals surface area contributed by atoms with Crippen molar-refractivity contribution in [2.24, 2.45) is 5.73 Å². The molecule has 0 unspecified atom stereocenters. The van der Waals surface area contributed by atoms with Crippen molar-refractivity contribution >= 4 is 11.6 Å². The Morgan fingerprint density at radius 3 is 2.65 bits per heavy atom. The summed E-state index contributed by atoms with van der Waals surface area (Å²) in [5.41, 5.74) is 8.44. The van der Waals surface area contributed by atoms with Crippen LogP contribution in [0.4, 0.5) is 5.69 Å². The zero-order valence-electron chi connectivity index (χ0n) is 11.4. The second-order valence-electron chi connectivity index (χ2n) is 4.55. The Kier molecular flexibility index (Phi) is 4.74. The molecule has 0 saturated heterocycles. The number of amides is 1. The van der Waals surface area contributed by atoms with E-state index in [4.69, 9.17) is 10.5 Å². The van der Waals surface area contributed by atoms with Crippen LogP contribution in [0, 0.1) is 6.92 Å². The van der Waals surface area contributed by atoms with E-state index < -0.39 is 0 Å². The number of benzene rings is 2. The van der Waals surface area contributed by atoms with Gasteiger partial charge in [-0.25, -0.2) is 0 Å². The Labute approximate surface area is 118 Å². The number of aryl methyl sites for hydroxylation is 1. The van der Waals surface area contributed by atoms with E-state index in [1.165, 1.54) is 0 Å². The van der Waals surface area contributed by atoms with Crippen molar-refractivity contribution in [2.75, 3.05) is 11.9 Å². The lowest BCUT2D eigenvalue weighted by Gasteiger charge is -2.08. The molecular weight excluding hydrogens is 252 g/mol. The molecule has 2 aromatic carbocycles. The molecule has 0 aromatic heterocycles. The number of carbonyl (C=O) groups excluding carboxylic acids is 1. The molecule has 0 aliphatic carbocycles. The summed E-state index contributed by atoms with van der Waals surface area (Å²) >= 11 is 0. The highest BCUT2D eigenvalue weighted by Crippen LogP contribution is 2.13. The van der Waals surface area contributed by atoms with Crippen LogP contribution in [0.3, 0.4) is 0 Å². The van der Waals surface area contributed by atoms with Gasteiger partial charge < -0.3 is 15.8 Å². The first-order chi connectivity index (χ1) is 9.67. The average Bonchev–Trinajstić information content (AvgIpc) is 2.48. The van der Waals surface area contributed by atoms with Crippen LogP contribution in [0.2, 0.25) is 0 Å². The monoisotopic (exact) mass is 270 g/mol. The molecule has 0 heterocycles. The summed E-state index contributed by atoms with van der Waals surface area (Å²) in [7, 11) is 0. The molecule has 0 fully saturated rings. The van der Waals surface area contributed by atoms with Crippen LogP contribution in [0.5, 0.6) is 5.75 Å². The molecule has 20 heavy (non-hydrogen) atoms. The highest BCUT2D eigenvalue weighted by Gasteiger charge is 2.04. The number of rotatable bonds is 5. The van der Waals surface area contributed by atoms with Gasteiger partial charge in [0, 0.05) is 12.2 Å². The number of hydrogen-bond acceptors (Lipinski definition) is 3. The third-order valence-corrected chi connectivity index (χ3v) is 2.84. The van der Waals surface area contributed by atoms with Gasteiger partial charge in [0.15, 0.2) is 6.61 Å². The van der Waals surface area contributed by atoms with Crippen LogP contribution >= 0.6 is 0 Å². The minimum Gasteiger partial charge on any atom is -0.484 e. The normalized spacial score (nSPS) is 10.1. The molecule has 4 nitrogen and oxygen atoms in total. The highest BCUT2D eigenvalue weighted by molar-refractivity contribution is 5.91. The van der Waals surface area contributed by atoms with Crippen LogP contribution in [0.15, 0.2) is 48.5 Å². The van der Waals surface area contributed by atoms with Crippen LogP contribution < -0.4 is 15.8 Å². The fraction of sp³-hybridized carbons (Fsp3) is 0.188. The van der Waals surface area contributed by atoms with Gasteiger partial charge in [-0.3, -0.25) is 4.79 Å². The molecule has 0 atom stereocenters. The summed E-state index contributed by atoms with van der Waals surface area (Å²) < 4.78 is 5.44. The third-order valence-electron chi connectivity index (χ3n) is 2.84. The summed E-state index contributed by atoms with van der Waals surface area (Å²) in [6, 6.07) is 15.0. The van der Waals surface area contributed by atoms with Gasteiger partial charge in [0.25, 0.3) is 5.91 Å². The Morgan fingerprint density at radius 2 is 1.95 bits per heavy atom. The summed E-state index contributed by atoms with van der Waals surface area (Å²) in [5, 5.41) is 2.78. The van der Waals surface area contributed by atoms with Crippen LogP contribution in [-0.4, -0.2) is 12.5 Å². The highest BCUT2D eigenvalue weighted by atomic mass is 16.5. The maximum atomic E-state index is 11.8. The van der Waals surface area contributed by atoms with Crippen LogP contribution in [-0.2, 0) is 11.3 Å². The zero-order valence-corrected chi connectivity index (χ0v) is 11.4.